The molecule has 0 saturated carbocycles. The second-order valence-electron chi connectivity index (χ2n) is 2.92. The van der Waals surface area contributed by atoms with Crippen LogP contribution >= 0.6 is 0 Å². The number of carbonyl (C=O) groups is 1. The van der Waals surface area contributed by atoms with E-state index in [0.29, 0.717) is 6.42 Å². The van der Waals surface area contributed by atoms with Gasteiger partial charge in [-0.05, 0) is 0 Å². The monoisotopic (exact) mass is 167 g/mol. The lowest BCUT2D eigenvalue weighted by Crippen LogP contribution is -2.24. The zero-order chi connectivity index (χ0) is 9.14. The molecule has 0 fully saturated rings. The van der Waals surface area contributed by atoms with Crippen LogP contribution in [0.2, 0.25) is 0 Å². The van der Waals surface area contributed by atoms with E-state index in [1.54, 1.807) is 25.2 Å². The normalized spacial score (nSPS) is 9.92. The maximum Gasteiger partial charge on any atom is 0.229 e. The molecule has 0 aliphatic heterocycles. The molecule has 1 heterocycles. The molecule has 66 valence electrons. The number of hydrogen-bond donors (Lipinski definition) is 0. The van der Waals surface area contributed by atoms with Crippen molar-refractivity contribution in [1.82, 2.24) is 14.5 Å². The predicted molar refractivity (Wildman–Crippen MR) is 45.6 cm³/mol. The molecule has 1 aromatic rings. The van der Waals surface area contributed by atoms with Crippen molar-refractivity contribution in [2.45, 2.75) is 6.42 Å². The van der Waals surface area contributed by atoms with E-state index in [9.17, 15) is 4.79 Å². The first kappa shape index (κ1) is 8.77. The standard InChI is InChI=1S/C8H13N3O/c1-10(2)8(12)6-7-9-4-5-11(7)3/h4-5H,6H2,1-3H3. The number of carbonyl (C=O) groups excluding carboxylic acids is 1. The highest BCUT2D eigenvalue weighted by Crippen LogP contribution is 1.96. The molecule has 4 nitrogen and oxygen atoms in total. The molecule has 0 bridgehead atoms. The van der Waals surface area contributed by atoms with E-state index >= 15 is 0 Å². The third-order valence-electron chi connectivity index (χ3n) is 1.73. The minimum Gasteiger partial charge on any atom is -0.348 e. The first-order valence-electron chi connectivity index (χ1n) is 3.77. The molecule has 0 saturated heterocycles. The minimum atomic E-state index is 0.0734. The van der Waals surface area contributed by atoms with Gasteiger partial charge in [0.25, 0.3) is 0 Å². The predicted octanol–water partition coefficient (Wildman–Crippen LogP) is 0.0508. The first-order chi connectivity index (χ1) is 5.61. The Hall–Kier alpha value is -1.32. The van der Waals surface area contributed by atoms with Gasteiger partial charge >= 0.3 is 0 Å². The summed E-state index contributed by atoms with van der Waals surface area (Å²) in [6.45, 7) is 0. The van der Waals surface area contributed by atoms with Gasteiger partial charge in [-0.3, -0.25) is 4.79 Å². The highest BCUT2D eigenvalue weighted by atomic mass is 16.2. The van der Waals surface area contributed by atoms with E-state index in [4.69, 9.17) is 0 Å². The van der Waals surface area contributed by atoms with E-state index < -0.39 is 0 Å². The smallest absolute Gasteiger partial charge is 0.229 e. The number of likely N-dealkylation sites (N-methyl/N-ethyl adjacent to an activating group) is 1. The minimum absolute atomic E-state index is 0.0734. The van der Waals surface area contributed by atoms with Crippen LogP contribution in [0.4, 0.5) is 0 Å². The number of nitrogens with zero attached hydrogens (tertiary/aromatic N) is 3. The summed E-state index contributed by atoms with van der Waals surface area (Å²) in [4.78, 5) is 16.9. The van der Waals surface area contributed by atoms with Crippen molar-refractivity contribution < 1.29 is 4.79 Å². The molecule has 12 heavy (non-hydrogen) atoms. The van der Waals surface area contributed by atoms with Crippen molar-refractivity contribution in [3.63, 3.8) is 0 Å². The average Bonchev–Trinajstić information content (AvgIpc) is 2.36. The Labute approximate surface area is 71.8 Å². The number of aromatic nitrogens is 2. The topological polar surface area (TPSA) is 38.1 Å². The van der Waals surface area contributed by atoms with Crippen LogP contribution in [0.25, 0.3) is 0 Å². The number of imidazole rings is 1. The Balaban J connectivity index is 2.64. The molecule has 0 aliphatic carbocycles. The van der Waals surface area contributed by atoms with Crippen molar-refractivity contribution in [1.29, 1.82) is 0 Å². The van der Waals surface area contributed by atoms with Gasteiger partial charge in [0, 0.05) is 33.5 Å². The molecule has 0 spiro atoms. The lowest BCUT2D eigenvalue weighted by atomic mass is 10.3. The summed E-state index contributed by atoms with van der Waals surface area (Å²) >= 11 is 0. The first-order valence-corrected chi connectivity index (χ1v) is 3.77. The molecule has 0 unspecified atom stereocenters. The van der Waals surface area contributed by atoms with Gasteiger partial charge < -0.3 is 9.47 Å². The fraction of sp³-hybridized carbons (Fsp3) is 0.500. The molecular formula is C8H13N3O. The van der Waals surface area contributed by atoms with Gasteiger partial charge in [-0.15, -0.1) is 0 Å². The van der Waals surface area contributed by atoms with Gasteiger partial charge in [0.15, 0.2) is 0 Å². The van der Waals surface area contributed by atoms with Gasteiger partial charge in [-0.25, -0.2) is 4.98 Å². The Bertz CT molecular complexity index is 278. The Kier molecular flexibility index (Phi) is 2.47. The lowest BCUT2D eigenvalue weighted by molar-refractivity contribution is -0.128. The summed E-state index contributed by atoms with van der Waals surface area (Å²) in [5, 5.41) is 0. The van der Waals surface area contributed by atoms with Crippen LogP contribution in [0.3, 0.4) is 0 Å². The summed E-state index contributed by atoms with van der Waals surface area (Å²) < 4.78 is 1.85. The van der Waals surface area contributed by atoms with Crippen LogP contribution in [0.5, 0.6) is 0 Å². The van der Waals surface area contributed by atoms with Gasteiger partial charge in [0.05, 0.1) is 6.42 Å². The molecule has 1 amide bonds. The quantitative estimate of drug-likeness (QED) is 0.624. The molecule has 0 N–H and O–H groups in total. The van der Waals surface area contributed by atoms with Crippen LogP contribution < -0.4 is 0 Å². The van der Waals surface area contributed by atoms with Crippen molar-refractivity contribution in [2.24, 2.45) is 7.05 Å². The Morgan fingerprint density at radius 2 is 2.33 bits per heavy atom. The van der Waals surface area contributed by atoms with Gasteiger partial charge in [-0.2, -0.15) is 0 Å². The van der Waals surface area contributed by atoms with Crippen LogP contribution in [0.15, 0.2) is 12.4 Å². The maximum atomic E-state index is 11.2. The molecule has 0 atom stereocenters. The van der Waals surface area contributed by atoms with Crippen LogP contribution in [0, 0.1) is 0 Å². The van der Waals surface area contributed by atoms with Crippen molar-refractivity contribution in [3.05, 3.63) is 18.2 Å². The third-order valence-corrected chi connectivity index (χ3v) is 1.73. The Morgan fingerprint density at radius 3 is 2.75 bits per heavy atom. The van der Waals surface area contributed by atoms with Gasteiger partial charge in [0.2, 0.25) is 5.91 Å². The number of amides is 1. The molecule has 1 rings (SSSR count). The van der Waals surface area contributed by atoms with Gasteiger partial charge in [0.1, 0.15) is 5.82 Å². The van der Waals surface area contributed by atoms with Crippen LogP contribution in [-0.4, -0.2) is 34.5 Å². The molecule has 0 radical (unpaired) electrons. The fourth-order valence-corrected chi connectivity index (χ4v) is 0.860. The van der Waals surface area contributed by atoms with E-state index in [2.05, 4.69) is 4.98 Å². The summed E-state index contributed by atoms with van der Waals surface area (Å²) in [5.41, 5.74) is 0. The highest BCUT2D eigenvalue weighted by molar-refractivity contribution is 5.77. The second-order valence-corrected chi connectivity index (χ2v) is 2.92. The van der Waals surface area contributed by atoms with E-state index in [0.717, 1.165) is 5.82 Å². The van der Waals surface area contributed by atoms with Crippen molar-refractivity contribution in [3.8, 4) is 0 Å². The van der Waals surface area contributed by atoms with Crippen molar-refractivity contribution in [2.75, 3.05) is 14.1 Å². The molecule has 4 heteroatoms. The summed E-state index contributed by atoms with van der Waals surface area (Å²) in [6, 6.07) is 0. The zero-order valence-corrected chi connectivity index (χ0v) is 7.61. The molecule has 0 aromatic carbocycles. The summed E-state index contributed by atoms with van der Waals surface area (Å²) in [6.07, 6.45) is 3.90. The largest absolute Gasteiger partial charge is 0.348 e. The fourth-order valence-electron chi connectivity index (χ4n) is 0.860. The Morgan fingerprint density at radius 1 is 1.67 bits per heavy atom. The second kappa shape index (κ2) is 3.38. The molecular weight excluding hydrogens is 154 g/mol. The summed E-state index contributed by atoms with van der Waals surface area (Å²) in [5.74, 6) is 0.873. The number of aryl methyl sites for hydroxylation is 1. The third kappa shape index (κ3) is 1.84. The van der Waals surface area contributed by atoms with Gasteiger partial charge in [-0.1, -0.05) is 0 Å². The van der Waals surface area contributed by atoms with Crippen LogP contribution in [0.1, 0.15) is 5.82 Å². The zero-order valence-electron chi connectivity index (χ0n) is 7.61. The van der Waals surface area contributed by atoms with E-state index in [1.165, 1.54) is 0 Å². The average molecular weight is 167 g/mol. The number of hydrogen-bond acceptors (Lipinski definition) is 2. The maximum absolute atomic E-state index is 11.2. The van der Waals surface area contributed by atoms with Crippen molar-refractivity contribution >= 4 is 5.91 Å². The SMILES string of the molecule is CN(C)C(=O)Cc1nccn1C. The van der Waals surface area contributed by atoms with E-state index in [1.807, 2.05) is 17.8 Å². The highest BCUT2D eigenvalue weighted by Gasteiger charge is 2.08. The lowest BCUT2D eigenvalue weighted by Gasteiger charge is -2.09. The molecule has 0 aliphatic rings. The van der Waals surface area contributed by atoms with E-state index in [-0.39, 0.29) is 5.91 Å². The van der Waals surface area contributed by atoms with Crippen LogP contribution in [-0.2, 0) is 18.3 Å². The molecule has 1 aromatic heterocycles. The number of rotatable bonds is 2. The summed E-state index contributed by atoms with van der Waals surface area (Å²) in [7, 11) is 5.36.